The first-order chi connectivity index (χ1) is 20.0. The molecule has 41 heavy (non-hydrogen) atoms. The molecule has 0 saturated heterocycles. The third-order valence-corrected chi connectivity index (χ3v) is 9.06. The molecule has 7 aromatic carbocycles. The SMILES string of the molecule is CC1(C)c2ccccc2C(=O)c2cc(-c3cccc(-c4ccc5c6ccccc6c6ccccc6c5c4)c3)ccc21. The van der Waals surface area contributed by atoms with Crippen LogP contribution < -0.4 is 0 Å². The lowest BCUT2D eigenvalue weighted by molar-refractivity contribution is 0.103. The molecule has 8 rings (SSSR count). The van der Waals surface area contributed by atoms with Gasteiger partial charge in [0.2, 0.25) is 0 Å². The number of carbonyl (C=O) groups is 1. The summed E-state index contributed by atoms with van der Waals surface area (Å²) in [7, 11) is 0. The Morgan fingerprint density at radius 3 is 1.56 bits per heavy atom. The Morgan fingerprint density at radius 2 is 0.878 bits per heavy atom. The second-order valence-corrected chi connectivity index (χ2v) is 11.7. The summed E-state index contributed by atoms with van der Waals surface area (Å²) in [5, 5.41) is 7.67. The number of fused-ring (bicyclic) bond motifs is 8. The summed E-state index contributed by atoms with van der Waals surface area (Å²) < 4.78 is 0. The minimum atomic E-state index is -0.224. The van der Waals surface area contributed by atoms with Crippen molar-refractivity contribution in [3.63, 3.8) is 0 Å². The maximum atomic E-state index is 13.6. The Morgan fingerprint density at radius 1 is 0.390 bits per heavy atom. The normalized spacial score (nSPS) is 13.9. The van der Waals surface area contributed by atoms with E-state index in [9.17, 15) is 4.79 Å². The van der Waals surface area contributed by atoms with Crippen molar-refractivity contribution < 1.29 is 4.79 Å². The van der Waals surface area contributed by atoms with E-state index in [-0.39, 0.29) is 11.2 Å². The molecule has 0 saturated carbocycles. The van der Waals surface area contributed by atoms with Crippen molar-refractivity contribution in [1.29, 1.82) is 0 Å². The molecule has 0 N–H and O–H groups in total. The molecule has 0 unspecified atom stereocenters. The summed E-state index contributed by atoms with van der Waals surface area (Å²) in [5.74, 6) is 0.113. The molecule has 0 atom stereocenters. The third kappa shape index (κ3) is 3.52. The van der Waals surface area contributed by atoms with Gasteiger partial charge < -0.3 is 0 Å². The fourth-order valence-electron chi connectivity index (χ4n) is 6.94. The maximum absolute atomic E-state index is 13.6. The average Bonchev–Trinajstić information content (AvgIpc) is 3.03. The molecule has 0 aromatic heterocycles. The summed E-state index contributed by atoms with van der Waals surface area (Å²) in [6.45, 7) is 4.42. The van der Waals surface area contributed by atoms with E-state index in [0.717, 1.165) is 38.9 Å². The average molecular weight is 525 g/mol. The van der Waals surface area contributed by atoms with Gasteiger partial charge in [-0.15, -0.1) is 0 Å². The number of carbonyl (C=O) groups excluding carboxylic acids is 1. The van der Waals surface area contributed by atoms with E-state index in [1.807, 2.05) is 18.2 Å². The molecule has 1 nitrogen and oxygen atoms in total. The number of hydrogen-bond acceptors (Lipinski definition) is 1. The first-order valence-corrected chi connectivity index (χ1v) is 14.2. The van der Waals surface area contributed by atoms with Crippen molar-refractivity contribution >= 4 is 38.1 Å². The number of benzene rings is 7. The van der Waals surface area contributed by atoms with Crippen molar-refractivity contribution in [2.24, 2.45) is 0 Å². The highest BCUT2D eigenvalue weighted by Gasteiger charge is 2.36. The van der Waals surface area contributed by atoms with Crippen LogP contribution in [0.25, 0.3) is 54.6 Å². The van der Waals surface area contributed by atoms with Gasteiger partial charge in [0.25, 0.3) is 0 Å². The molecule has 1 aliphatic rings. The van der Waals surface area contributed by atoms with Crippen molar-refractivity contribution in [3.05, 3.63) is 156 Å². The standard InChI is InChI=1S/C40H28O/c1-40(2)37-17-8-7-16-34(37)39(41)36-24-28(19-21-38(36)40)26-11-9-10-25(22-26)27-18-20-33-31-14-4-3-12-29(31)30-13-5-6-15-32(30)35(33)23-27/h3-24H,1-2H3. The van der Waals surface area contributed by atoms with Crippen LogP contribution in [0.4, 0.5) is 0 Å². The molecule has 0 spiro atoms. The van der Waals surface area contributed by atoms with Crippen LogP contribution >= 0.6 is 0 Å². The van der Waals surface area contributed by atoms with E-state index >= 15 is 0 Å². The summed E-state index contributed by atoms with van der Waals surface area (Å²) in [6.07, 6.45) is 0. The number of hydrogen-bond donors (Lipinski definition) is 0. The second kappa shape index (κ2) is 8.74. The Balaban J connectivity index is 1.26. The van der Waals surface area contributed by atoms with E-state index in [2.05, 4.69) is 129 Å². The zero-order valence-electron chi connectivity index (χ0n) is 23.1. The molecular formula is C40H28O. The summed E-state index contributed by atoms with van der Waals surface area (Å²) >= 11 is 0. The quantitative estimate of drug-likeness (QED) is 0.206. The van der Waals surface area contributed by atoms with Crippen LogP contribution in [0.15, 0.2) is 133 Å². The van der Waals surface area contributed by atoms with Crippen LogP contribution in [0.5, 0.6) is 0 Å². The van der Waals surface area contributed by atoms with Crippen molar-refractivity contribution in [2.45, 2.75) is 19.3 Å². The first-order valence-electron chi connectivity index (χ1n) is 14.2. The van der Waals surface area contributed by atoms with Gasteiger partial charge in [0.05, 0.1) is 0 Å². The minimum Gasteiger partial charge on any atom is -0.289 e. The molecule has 7 aromatic rings. The van der Waals surface area contributed by atoms with E-state index in [1.54, 1.807) is 0 Å². The van der Waals surface area contributed by atoms with Gasteiger partial charge in [0.15, 0.2) is 5.78 Å². The topological polar surface area (TPSA) is 17.1 Å². The van der Waals surface area contributed by atoms with Gasteiger partial charge in [0.1, 0.15) is 0 Å². The van der Waals surface area contributed by atoms with Crippen LogP contribution in [-0.4, -0.2) is 5.78 Å². The lowest BCUT2D eigenvalue weighted by atomic mass is 9.68. The summed E-state index contributed by atoms with van der Waals surface area (Å²) in [6, 6.07) is 47.3. The minimum absolute atomic E-state index is 0.113. The largest absolute Gasteiger partial charge is 0.289 e. The molecule has 0 fully saturated rings. The molecule has 1 aliphatic carbocycles. The zero-order chi connectivity index (χ0) is 27.7. The summed E-state index contributed by atoms with van der Waals surface area (Å²) in [4.78, 5) is 13.6. The maximum Gasteiger partial charge on any atom is 0.193 e. The van der Waals surface area contributed by atoms with Gasteiger partial charge in [0, 0.05) is 16.5 Å². The molecule has 0 radical (unpaired) electrons. The van der Waals surface area contributed by atoms with Crippen LogP contribution in [0.3, 0.4) is 0 Å². The van der Waals surface area contributed by atoms with E-state index < -0.39 is 0 Å². The van der Waals surface area contributed by atoms with Crippen molar-refractivity contribution in [3.8, 4) is 22.3 Å². The van der Waals surface area contributed by atoms with E-state index in [4.69, 9.17) is 0 Å². The van der Waals surface area contributed by atoms with E-state index in [1.165, 1.54) is 37.9 Å². The van der Waals surface area contributed by atoms with Crippen molar-refractivity contribution in [1.82, 2.24) is 0 Å². The van der Waals surface area contributed by atoms with Gasteiger partial charge in [-0.05, 0) is 83.9 Å². The Bertz CT molecular complexity index is 2160. The second-order valence-electron chi connectivity index (χ2n) is 11.7. The van der Waals surface area contributed by atoms with Gasteiger partial charge in [-0.2, -0.15) is 0 Å². The van der Waals surface area contributed by atoms with Crippen LogP contribution in [0.1, 0.15) is 40.9 Å². The first kappa shape index (κ1) is 23.8. The van der Waals surface area contributed by atoms with Gasteiger partial charge >= 0.3 is 0 Å². The van der Waals surface area contributed by atoms with Gasteiger partial charge in [-0.1, -0.05) is 129 Å². The Hall–Kier alpha value is -5.01. The third-order valence-electron chi connectivity index (χ3n) is 9.06. The highest BCUT2D eigenvalue weighted by atomic mass is 16.1. The Labute approximate surface area is 239 Å². The molecule has 0 heterocycles. The van der Waals surface area contributed by atoms with E-state index in [0.29, 0.717) is 0 Å². The lowest BCUT2D eigenvalue weighted by Crippen LogP contribution is -2.30. The Kier molecular flexibility index (Phi) is 5.09. The fourth-order valence-corrected chi connectivity index (χ4v) is 6.94. The molecular weight excluding hydrogens is 496 g/mol. The molecule has 0 amide bonds. The molecule has 0 aliphatic heterocycles. The lowest BCUT2D eigenvalue weighted by Gasteiger charge is -2.34. The molecule has 0 bridgehead atoms. The van der Waals surface area contributed by atoms with Crippen LogP contribution in [0.2, 0.25) is 0 Å². The molecule has 194 valence electrons. The van der Waals surface area contributed by atoms with Gasteiger partial charge in [-0.3, -0.25) is 4.79 Å². The van der Waals surface area contributed by atoms with Gasteiger partial charge in [-0.25, -0.2) is 0 Å². The predicted molar refractivity (Wildman–Crippen MR) is 172 cm³/mol. The summed E-state index contributed by atoms with van der Waals surface area (Å²) in [5.41, 5.74) is 8.11. The highest BCUT2D eigenvalue weighted by Crippen LogP contribution is 2.43. The smallest absolute Gasteiger partial charge is 0.193 e. The van der Waals surface area contributed by atoms with Crippen LogP contribution in [-0.2, 0) is 5.41 Å². The highest BCUT2D eigenvalue weighted by molar-refractivity contribution is 6.25. The van der Waals surface area contributed by atoms with Crippen molar-refractivity contribution in [2.75, 3.05) is 0 Å². The fraction of sp³-hybridized carbons (Fsp3) is 0.0750. The monoisotopic (exact) mass is 524 g/mol. The number of ketones is 1. The number of rotatable bonds is 2. The van der Waals surface area contributed by atoms with Crippen LogP contribution in [0, 0.1) is 0 Å². The predicted octanol–water partition coefficient (Wildman–Crippen LogP) is 10.4. The molecule has 1 heteroatoms. The zero-order valence-corrected chi connectivity index (χ0v) is 23.1.